The maximum absolute atomic E-state index is 5.37. The Bertz CT molecular complexity index is 658. The van der Waals surface area contributed by atoms with E-state index < -0.39 is 0 Å². The predicted octanol–water partition coefficient (Wildman–Crippen LogP) is 4.64. The maximum atomic E-state index is 5.37. The smallest absolute Gasteiger partial charge is 0.195 e. The molecule has 0 radical (unpaired) electrons. The van der Waals surface area contributed by atoms with Crippen molar-refractivity contribution in [3.63, 3.8) is 0 Å². The highest BCUT2D eigenvalue weighted by Gasteiger charge is 2.24. The van der Waals surface area contributed by atoms with Gasteiger partial charge in [0.25, 0.3) is 0 Å². The topological polar surface area (TPSA) is 46.5 Å². The Morgan fingerprint density at radius 1 is 1.40 bits per heavy atom. The molecule has 0 aliphatic rings. The molecule has 110 valence electrons. The number of hydrogen-bond acceptors (Lipinski definition) is 4. The van der Waals surface area contributed by atoms with Gasteiger partial charge in [-0.2, -0.15) is 5.10 Å². The first-order chi connectivity index (χ1) is 9.25. The molecule has 0 aromatic carbocycles. The van der Waals surface area contributed by atoms with Gasteiger partial charge in [0.1, 0.15) is 0 Å². The lowest BCUT2D eigenvalue weighted by Gasteiger charge is -2.14. The van der Waals surface area contributed by atoms with Gasteiger partial charge < -0.3 is 0 Å². The van der Waals surface area contributed by atoms with Crippen molar-refractivity contribution < 1.29 is 0 Å². The molecule has 2 rings (SSSR count). The fraction of sp³-hybridized carbons (Fsp3) is 0.643. The second-order valence-corrected chi connectivity index (χ2v) is 7.55. The molecule has 1 atom stereocenters. The maximum Gasteiger partial charge on any atom is 0.195 e. The summed E-state index contributed by atoms with van der Waals surface area (Å²) in [5.74, 6) is 0.912. The second-order valence-electron chi connectivity index (χ2n) is 6.16. The highest BCUT2D eigenvalue weighted by atomic mass is 32.1. The monoisotopic (exact) mass is 310 g/mol. The van der Waals surface area contributed by atoms with Gasteiger partial charge in [-0.1, -0.05) is 27.7 Å². The van der Waals surface area contributed by atoms with Crippen molar-refractivity contribution in [1.29, 1.82) is 0 Å². The summed E-state index contributed by atoms with van der Waals surface area (Å²) in [6, 6.07) is 0.329. The van der Waals surface area contributed by atoms with Crippen molar-refractivity contribution in [2.45, 2.75) is 59.4 Å². The van der Waals surface area contributed by atoms with E-state index in [9.17, 15) is 0 Å². The molecule has 2 heterocycles. The number of nitrogens with zero attached hydrogens (tertiary/aromatic N) is 3. The molecule has 0 aliphatic carbocycles. The van der Waals surface area contributed by atoms with Crippen molar-refractivity contribution in [2.24, 2.45) is 0 Å². The van der Waals surface area contributed by atoms with Crippen LogP contribution in [0.2, 0.25) is 0 Å². The van der Waals surface area contributed by atoms with Crippen LogP contribution in [-0.2, 0) is 5.41 Å². The second kappa shape index (κ2) is 5.41. The Morgan fingerprint density at radius 3 is 2.55 bits per heavy atom. The molecule has 0 spiro atoms. The number of aryl methyl sites for hydroxylation is 1. The molecule has 0 saturated heterocycles. The lowest BCUT2D eigenvalue weighted by Crippen LogP contribution is -2.10. The van der Waals surface area contributed by atoms with Gasteiger partial charge in [0.05, 0.1) is 15.6 Å². The van der Waals surface area contributed by atoms with Crippen LogP contribution >= 0.6 is 23.6 Å². The summed E-state index contributed by atoms with van der Waals surface area (Å²) in [6.45, 7) is 12.9. The standard InChI is InChI=1S/C14H22N4S2/c1-7-8(2)18-11(16-17-13(18)19)10-9(3)15-12(20-10)14(4,5)6/h8H,7H2,1-6H3,(H,17,19). The van der Waals surface area contributed by atoms with Gasteiger partial charge in [0.2, 0.25) is 0 Å². The first-order valence-electron chi connectivity index (χ1n) is 6.90. The summed E-state index contributed by atoms with van der Waals surface area (Å²) in [5.41, 5.74) is 1.08. The zero-order valence-electron chi connectivity index (χ0n) is 12.9. The molecule has 0 bridgehead atoms. The molecule has 0 fully saturated rings. The van der Waals surface area contributed by atoms with Gasteiger partial charge >= 0.3 is 0 Å². The minimum atomic E-state index is 0.0575. The lowest BCUT2D eigenvalue weighted by atomic mass is 9.98. The summed E-state index contributed by atoms with van der Waals surface area (Å²) in [7, 11) is 0. The Morgan fingerprint density at radius 2 is 2.05 bits per heavy atom. The van der Waals surface area contributed by atoms with Crippen LogP contribution in [-0.4, -0.2) is 19.7 Å². The van der Waals surface area contributed by atoms with E-state index in [2.05, 4.69) is 49.4 Å². The van der Waals surface area contributed by atoms with Gasteiger partial charge in [-0.05, 0) is 32.5 Å². The third-order valence-electron chi connectivity index (χ3n) is 3.38. The summed E-state index contributed by atoms with van der Waals surface area (Å²) < 4.78 is 2.78. The van der Waals surface area contributed by atoms with Crippen LogP contribution < -0.4 is 0 Å². The van der Waals surface area contributed by atoms with Crippen molar-refractivity contribution in [3.05, 3.63) is 15.5 Å². The first kappa shape index (κ1) is 15.4. The van der Waals surface area contributed by atoms with Gasteiger partial charge in [-0.15, -0.1) is 11.3 Å². The Kier molecular flexibility index (Phi) is 4.16. The number of rotatable bonds is 3. The molecular formula is C14H22N4S2. The molecule has 1 unspecified atom stereocenters. The van der Waals surface area contributed by atoms with E-state index in [1.807, 2.05) is 6.92 Å². The molecule has 6 heteroatoms. The van der Waals surface area contributed by atoms with Crippen LogP contribution in [0.15, 0.2) is 0 Å². The van der Waals surface area contributed by atoms with Gasteiger partial charge in [-0.25, -0.2) is 4.98 Å². The fourth-order valence-electron chi connectivity index (χ4n) is 1.98. The fourth-order valence-corrected chi connectivity index (χ4v) is 3.40. The summed E-state index contributed by atoms with van der Waals surface area (Å²) >= 11 is 7.08. The van der Waals surface area contributed by atoms with Crippen LogP contribution in [0.4, 0.5) is 0 Å². The first-order valence-corrected chi connectivity index (χ1v) is 8.13. The Hall–Kier alpha value is -1.01. The number of aromatic amines is 1. The molecule has 20 heavy (non-hydrogen) atoms. The quantitative estimate of drug-likeness (QED) is 0.840. The SMILES string of the molecule is CCC(C)n1c(-c2sc(C(C)(C)C)nc2C)n[nH]c1=S. The number of H-pyrrole nitrogens is 1. The van der Waals surface area contributed by atoms with E-state index in [1.165, 1.54) is 0 Å². The minimum Gasteiger partial charge on any atom is -0.297 e. The van der Waals surface area contributed by atoms with Crippen LogP contribution in [0.25, 0.3) is 10.7 Å². The average Bonchev–Trinajstić information content (AvgIpc) is 2.91. The van der Waals surface area contributed by atoms with E-state index in [0.29, 0.717) is 10.8 Å². The summed E-state index contributed by atoms with van der Waals surface area (Å²) in [4.78, 5) is 5.82. The van der Waals surface area contributed by atoms with Gasteiger partial charge in [0, 0.05) is 11.5 Å². The number of thiazole rings is 1. The normalized spacial score (nSPS) is 13.7. The van der Waals surface area contributed by atoms with Gasteiger partial charge in [-0.3, -0.25) is 9.67 Å². The third-order valence-corrected chi connectivity index (χ3v) is 5.24. The van der Waals surface area contributed by atoms with E-state index >= 15 is 0 Å². The third kappa shape index (κ3) is 2.72. The van der Waals surface area contributed by atoms with Crippen molar-refractivity contribution in [3.8, 4) is 10.7 Å². The van der Waals surface area contributed by atoms with Crippen molar-refractivity contribution >= 4 is 23.6 Å². The lowest BCUT2D eigenvalue weighted by molar-refractivity contribution is 0.529. The van der Waals surface area contributed by atoms with E-state index in [-0.39, 0.29) is 5.41 Å². The number of hydrogen-bond donors (Lipinski definition) is 1. The zero-order chi connectivity index (χ0) is 15.1. The zero-order valence-corrected chi connectivity index (χ0v) is 14.6. The molecule has 1 N–H and O–H groups in total. The van der Waals surface area contributed by atoms with E-state index in [1.54, 1.807) is 11.3 Å². The highest BCUT2D eigenvalue weighted by Crippen LogP contribution is 2.35. The molecule has 0 saturated carbocycles. The van der Waals surface area contributed by atoms with Crippen molar-refractivity contribution in [1.82, 2.24) is 19.7 Å². The summed E-state index contributed by atoms with van der Waals surface area (Å²) in [6.07, 6.45) is 1.02. The van der Waals surface area contributed by atoms with Crippen LogP contribution in [0.1, 0.15) is 57.8 Å². The number of nitrogens with one attached hydrogen (secondary N) is 1. The Balaban J connectivity index is 2.59. The van der Waals surface area contributed by atoms with Crippen LogP contribution in [0.3, 0.4) is 0 Å². The van der Waals surface area contributed by atoms with Gasteiger partial charge in [0.15, 0.2) is 10.6 Å². The van der Waals surface area contributed by atoms with E-state index in [0.717, 1.165) is 27.8 Å². The minimum absolute atomic E-state index is 0.0575. The van der Waals surface area contributed by atoms with Crippen LogP contribution in [0, 0.1) is 11.7 Å². The molecule has 2 aromatic rings. The Labute approximate surface area is 129 Å². The molecule has 4 nitrogen and oxygen atoms in total. The molecule has 2 aromatic heterocycles. The molecule has 0 aliphatic heterocycles. The number of aromatic nitrogens is 4. The predicted molar refractivity (Wildman–Crippen MR) is 87.0 cm³/mol. The average molecular weight is 310 g/mol. The molecular weight excluding hydrogens is 288 g/mol. The van der Waals surface area contributed by atoms with E-state index in [4.69, 9.17) is 17.2 Å². The largest absolute Gasteiger partial charge is 0.297 e. The van der Waals surface area contributed by atoms with Crippen LogP contribution in [0.5, 0.6) is 0 Å². The highest BCUT2D eigenvalue weighted by molar-refractivity contribution is 7.71. The molecule has 0 amide bonds. The summed E-state index contributed by atoms with van der Waals surface area (Å²) in [5, 5.41) is 8.48. The van der Waals surface area contributed by atoms with Crippen molar-refractivity contribution in [2.75, 3.05) is 0 Å².